The molecule has 0 saturated heterocycles. The highest BCUT2D eigenvalue weighted by atomic mass is 35.5. The Morgan fingerprint density at radius 1 is 1.45 bits per heavy atom. The second-order valence-electron chi connectivity index (χ2n) is 3.77. The number of halogens is 2. The number of hydrogen-bond acceptors (Lipinski definition) is 5. The third-order valence-electron chi connectivity index (χ3n) is 2.32. The van der Waals surface area contributed by atoms with Crippen LogP contribution in [0.3, 0.4) is 0 Å². The van der Waals surface area contributed by atoms with Crippen LogP contribution in [0.15, 0.2) is 22.5 Å². The summed E-state index contributed by atoms with van der Waals surface area (Å²) < 4.78 is 4.95. The van der Waals surface area contributed by atoms with Gasteiger partial charge in [0.15, 0.2) is 4.34 Å². The van der Waals surface area contributed by atoms with Gasteiger partial charge in [0, 0.05) is 6.42 Å². The summed E-state index contributed by atoms with van der Waals surface area (Å²) in [6.45, 7) is 1.99. The van der Waals surface area contributed by atoms with E-state index < -0.39 is 0 Å². The van der Waals surface area contributed by atoms with Crippen LogP contribution in [0.25, 0.3) is 0 Å². The molecule has 1 heterocycles. The first-order valence-corrected chi connectivity index (χ1v) is 8.31. The van der Waals surface area contributed by atoms with Crippen LogP contribution in [-0.4, -0.2) is 21.0 Å². The summed E-state index contributed by atoms with van der Waals surface area (Å²) >= 11 is 14.5. The van der Waals surface area contributed by atoms with E-state index in [1.807, 2.05) is 6.92 Å². The molecule has 0 atom stereocenters. The fourth-order valence-corrected chi connectivity index (χ4v) is 3.20. The number of hydrogen-bond donors (Lipinski definition) is 1. The van der Waals surface area contributed by atoms with Gasteiger partial charge in [0.25, 0.3) is 0 Å². The summed E-state index contributed by atoms with van der Waals surface area (Å²) in [5.74, 6) is 0.893. The predicted molar refractivity (Wildman–Crippen MR) is 85.1 cm³/mol. The maximum atomic E-state index is 11.8. The van der Waals surface area contributed by atoms with Crippen LogP contribution in [0.1, 0.15) is 12.7 Å². The van der Waals surface area contributed by atoms with E-state index in [1.54, 1.807) is 18.2 Å². The van der Waals surface area contributed by atoms with Crippen molar-refractivity contribution in [3.63, 3.8) is 0 Å². The monoisotopic (exact) mass is 347 g/mol. The zero-order valence-electron chi connectivity index (χ0n) is 10.5. The van der Waals surface area contributed by atoms with E-state index in [0.717, 1.165) is 16.6 Å². The first kappa shape index (κ1) is 15.6. The van der Waals surface area contributed by atoms with Crippen LogP contribution in [0, 0.1) is 0 Å². The molecule has 0 radical (unpaired) electrons. The maximum Gasteiger partial charge on any atom is 0.234 e. The number of carbonyl (C=O) groups excluding carboxylic acids is 1. The van der Waals surface area contributed by atoms with Gasteiger partial charge in [-0.15, -0.1) is 0 Å². The number of nitrogens with zero attached hydrogens (tertiary/aromatic N) is 2. The number of anilines is 1. The number of aryl methyl sites for hydroxylation is 1. The first-order valence-electron chi connectivity index (χ1n) is 5.79. The molecule has 0 aliphatic carbocycles. The molecule has 0 aliphatic rings. The molecule has 0 fully saturated rings. The predicted octanol–water partition coefficient (Wildman–Crippen LogP) is 4.14. The molecule has 0 spiro atoms. The van der Waals surface area contributed by atoms with E-state index in [0.29, 0.717) is 15.7 Å². The lowest BCUT2D eigenvalue weighted by Gasteiger charge is -2.07. The van der Waals surface area contributed by atoms with Gasteiger partial charge in [-0.05, 0) is 23.7 Å². The number of nitrogens with one attached hydrogen (secondary N) is 1. The number of carbonyl (C=O) groups is 1. The first-order chi connectivity index (χ1) is 9.60. The zero-order valence-corrected chi connectivity index (χ0v) is 13.7. The number of thioether (sulfide) groups is 1. The van der Waals surface area contributed by atoms with Gasteiger partial charge in [0.1, 0.15) is 5.82 Å². The Morgan fingerprint density at radius 2 is 2.25 bits per heavy atom. The average molecular weight is 348 g/mol. The second kappa shape index (κ2) is 7.26. The van der Waals surface area contributed by atoms with Crippen molar-refractivity contribution >= 4 is 58.1 Å². The van der Waals surface area contributed by atoms with Gasteiger partial charge >= 0.3 is 0 Å². The minimum atomic E-state index is -0.160. The fourth-order valence-electron chi connectivity index (χ4n) is 1.35. The molecule has 0 bridgehead atoms. The quantitative estimate of drug-likeness (QED) is 0.825. The second-order valence-corrected chi connectivity index (χ2v) is 6.53. The van der Waals surface area contributed by atoms with E-state index >= 15 is 0 Å². The Hall–Kier alpha value is -0.820. The summed E-state index contributed by atoms with van der Waals surface area (Å²) in [6, 6.07) is 5.11. The Kier molecular flexibility index (Phi) is 5.65. The van der Waals surface area contributed by atoms with Gasteiger partial charge in [-0.2, -0.15) is 4.37 Å². The topological polar surface area (TPSA) is 54.9 Å². The van der Waals surface area contributed by atoms with Gasteiger partial charge in [-0.1, -0.05) is 48.0 Å². The highest BCUT2D eigenvalue weighted by molar-refractivity contribution is 8.01. The number of rotatable bonds is 5. The Labute approximate surface area is 135 Å². The van der Waals surface area contributed by atoms with Crippen LogP contribution in [0.5, 0.6) is 0 Å². The molecular weight excluding hydrogens is 337 g/mol. The summed E-state index contributed by atoms with van der Waals surface area (Å²) in [6.07, 6.45) is 0.793. The van der Waals surface area contributed by atoms with Crippen molar-refractivity contribution in [1.29, 1.82) is 0 Å². The number of amides is 1. The smallest absolute Gasteiger partial charge is 0.234 e. The van der Waals surface area contributed by atoms with Crippen molar-refractivity contribution in [1.82, 2.24) is 9.36 Å². The van der Waals surface area contributed by atoms with Crippen LogP contribution < -0.4 is 5.32 Å². The Morgan fingerprint density at radius 3 is 2.95 bits per heavy atom. The van der Waals surface area contributed by atoms with Crippen molar-refractivity contribution in [3.05, 3.63) is 34.1 Å². The third kappa shape index (κ3) is 4.09. The highest BCUT2D eigenvalue weighted by Gasteiger charge is 2.10. The fraction of sp³-hybridized carbons (Fsp3) is 0.250. The molecule has 0 saturated carbocycles. The lowest BCUT2D eigenvalue weighted by molar-refractivity contribution is -0.113. The summed E-state index contributed by atoms with van der Waals surface area (Å²) in [5, 5.41) is 3.48. The lowest BCUT2D eigenvalue weighted by Crippen LogP contribution is -2.14. The summed E-state index contributed by atoms with van der Waals surface area (Å²) in [7, 11) is 0. The van der Waals surface area contributed by atoms with Gasteiger partial charge < -0.3 is 5.32 Å². The van der Waals surface area contributed by atoms with Crippen LogP contribution in [0.2, 0.25) is 10.0 Å². The maximum absolute atomic E-state index is 11.8. The van der Waals surface area contributed by atoms with E-state index in [-0.39, 0.29) is 11.7 Å². The minimum Gasteiger partial charge on any atom is -0.324 e. The van der Waals surface area contributed by atoms with Gasteiger partial charge in [-0.3, -0.25) is 4.79 Å². The standard InChI is InChI=1S/C12H11Cl2N3OS2/c1-2-9-16-12(20-17-9)19-6-10(18)15-8-5-3-4-7(13)11(8)14/h3-5H,2,6H2,1H3,(H,15,18). The van der Waals surface area contributed by atoms with Crippen molar-refractivity contribution in [3.8, 4) is 0 Å². The van der Waals surface area contributed by atoms with E-state index in [1.165, 1.54) is 23.3 Å². The van der Waals surface area contributed by atoms with Crippen molar-refractivity contribution in [2.45, 2.75) is 17.7 Å². The normalized spacial score (nSPS) is 10.6. The van der Waals surface area contributed by atoms with E-state index in [2.05, 4.69) is 14.7 Å². The molecule has 106 valence electrons. The summed E-state index contributed by atoms with van der Waals surface area (Å²) in [4.78, 5) is 16.1. The molecule has 0 unspecified atom stereocenters. The van der Waals surface area contributed by atoms with Crippen LogP contribution >= 0.6 is 46.5 Å². The molecule has 2 rings (SSSR count). The van der Waals surface area contributed by atoms with Gasteiger partial charge in [0.05, 0.1) is 21.5 Å². The number of aromatic nitrogens is 2. The van der Waals surface area contributed by atoms with Crippen molar-refractivity contribution in [2.75, 3.05) is 11.1 Å². The Bertz CT molecular complexity index is 618. The van der Waals surface area contributed by atoms with Gasteiger partial charge in [-0.25, -0.2) is 4.98 Å². The minimum absolute atomic E-state index is 0.160. The molecule has 1 amide bonds. The van der Waals surface area contributed by atoms with E-state index in [9.17, 15) is 4.79 Å². The third-order valence-corrected chi connectivity index (χ3v) is 5.01. The molecule has 2 aromatic rings. The molecule has 8 heteroatoms. The molecule has 0 aliphatic heterocycles. The molecular formula is C12H11Cl2N3OS2. The molecule has 1 aromatic carbocycles. The zero-order chi connectivity index (χ0) is 14.5. The van der Waals surface area contributed by atoms with E-state index in [4.69, 9.17) is 23.2 Å². The number of benzene rings is 1. The van der Waals surface area contributed by atoms with Crippen LogP contribution in [0.4, 0.5) is 5.69 Å². The van der Waals surface area contributed by atoms with Crippen molar-refractivity contribution in [2.24, 2.45) is 0 Å². The van der Waals surface area contributed by atoms with Crippen LogP contribution in [-0.2, 0) is 11.2 Å². The summed E-state index contributed by atoms with van der Waals surface area (Å²) in [5.41, 5.74) is 0.510. The van der Waals surface area contributed by atoms with Crippen molar-refractivity contribution < 1.29 is 4.79 Å². The largest absolute Gasteiger partial charge is 0.324 e. The SMILES string of the molecule is CCc1nsc(SCC(=O)Nc2cccc(Cl)c2Cl)n1. The molecule has 1 N–H and O–H groups in total. The highest BCUT2D eigenvalue weighted by Crippen LogP contribution is 2.29. The molecule has 4 nitrogen and oxygen atoms in total. The molecule has 20 heavy (non-hydrogen) atoms. The average Bonchev–Trinajstić information content (AvgIpc) is 2.90. The van der Waals surface area contributed by atoms with Gasteiger partial charge in [0.2, 0.25) is 5.91 Å². The Balaban J connectivity index is 1.91. The molecule has 1 aromatic heterocycles. The lowest BCUT2D eigenvalue weighted by atomic mass is 10.3.